The summed E-state index contributed by atoms with van der Waals surface area (Å²) in [6.07, 6.45) is 6.56. The van der Waals surface area contributed by atoms with Gasteiger partial charge in [0.2, 0.25) is 5.91 Å². The number of hydrogen-bond donors (Lipinski definition) is 0. The van der Waals surface area contributed by atoms with Crippen molar-refractivity contribution in [3.8, 4) is 0 Å². The van der Waals surface area contributed by atoms with Crippen LogP contribution in [0.5, 0.6) is 0 Å². The van der Waals surface area contributed by atoms with Crippen LogP contribution in [0, 0.1) is 0 Å². The Morgan fingerprint density at radius 1 is 1.22 bits per heavy atom. The molecule has 0 bridgehead atoms. The molecule has 1 aromatic rings. The maximum absolute atomic E-state index is 12.0. The van der Waals surface area contributed by atoms with Crippen LogP contribution in [-0.2, 0) is 11.2 Å². The largest absolute Gasteiger partial charge is 0.339 e. The van der Waals surface area contributed by atoms with Crippen LogP contribution in [0.4, 0.5) is 0 Å². The highest BCUT2D eigenvalue weighted by Gasteiger charge is 2.25. The Balaban J connectivity index is 1.94. The normalized spacial score (nSPS) is 15.8. The van der Waals surface area contributed by atoms with Gasteiger partial charge in [0.05, 0.1) is 0 Å². The predicted molar refractivity (Wildman–Crippen MR) is 74.4 cm³/mol. The number of carbonyl (C=O) groups is 1. The predicted octanol–water partition coefficient (Wildman–Crippen LogP) is 3.41. The molecule has 0 saturated heterocycles. The van der Waals surface area contributed by atoms with Gasteiger partial charge in [0, 0.05) is 19.0 Å². The van der Waals surface area contributed by atoms with Crippen LogP contribution in [0.2, 0.25) is 0 Å². The molecule has 2 nitrogen and oxygen atoms in total. The molecule has 1 amide bonds. The first-order chi connectivity index (χ1) is 8.81. The molecule has 2 heteroatoms. The van der Waals surface area contributed by atoms with Crippen molar-refractivity contribution in [2.45, 2.75) is 51.5 Å². The SMILES string of the molecule is CCC(=O)N(CCc1ccccc1)C1CCCC1. The Morgan fingerprint density at radius 3 is 2.50 bits per heavy atom. The molecular weight excluding hydrogens is 222 g/mol. The lowest BCUT2D eigenvalue weighted by molar-refractivity contribution is -0.133. The van der Waals surface area contributed by atoms with Gasteiger partial charge in [-0.05, 0) is 24.8 Å². The van der Waals surface area contributed by atoms with Crippen molar-refractivity contribution in [1.82, 2.24) is 4.90 Å². The van der Waals surface area contributed by atoms with Crippen molar-refractivity contribution in [2.24, 2.45) is 0 Å². The lowest BCUT2D eigenvalue weighted by atomic mass is 10.1. The van der Waals surface area contributed by atoms with Gasteiger partial charge in [-0.3, -0.25) is 4.79 Å². The third-order valence-corrected chi connectivity index (χ3v) is 3.87. The van der Waals surface area contributed by atoms with Gasteiger partial charge in [-0.25, -0.2) is 0 Å². The first kappa shape index (κ1) is 13.1. The zero-order valence-corrected chi connectivity index (χ0v) is 11.3. The molecular formula is C16H23NO. The summed E-state index contributed by atoms with van der Waals surface area (Å²) < 4.78 is 0. The summed E-state index contributed by atoms with van der Waals surface area (Å²) in [7, 11) is 0. The fourth-order valence-corrected chi connectivity index (χ4v) is 2.82. The average Bonchev–Trinajstić information content (AvgIpc) is 2.94. The Hall–Kier alpha value is -1.31. The average molecular weight is 245 g/mol. The van der Waals surface area contributed by atoms with Gasteiger partial charge in [-0.15, -0.1) is 0 Å². The van der Waals surface area contributed by atoms with Crippen molar-refractivity contribution >= 4 is 5.91 Å². The van der Waals surface area contributed by atoms with Crippen molar-refractivity contribution in [3.05, 3.63) is 35.9 Å². The summed E-state index contributed by atoms with van der Waals surface area (Å²) in [6, 6.07) is 11.0. The third kappa shape index (κ3) is 3.34. The van der Waals surface area contributed by atoms with Crippen LogP contribution in [0.15, 0.2) is 30.3 Å². The number of benzene rings is 1. The molecule has 1 fully saturated rings. The van der Waals surface area contributed by atoms with E-state index in [1.807, 2.05) is 13.0 Å². The third-order valence-electron chi connectivity index (χ3n) is 3.87. The first-order valence-corrected chi connectivity index (χ1v) is 7.14. The Labute approximate surface area is 110 Å². The van der Waals surface area contributed by atoms with E-state index in [4.69, 9.17) is 0 Å². The fourth-order valence-electron chi connectivity index (χ4n) is 2.82. The van der Waals surface area contributed by atoms with Gasteiger partial charge in [0.15, 0.2) is 0 Å². The quantitative estimate of drug-likeness (QED) is 0.778. The van der Waals surface area contributed by atoms with Crippen LogP contribution in [0.1, 0.15) is 44.6 Å². The van der Waals surface area contributed by atoms with E-state index in [0.717, 1.165) is 13.0 Å². The summed E-state index contributed by atoms with van der Waals surface area (Å²) in [6.45, 7) is 2.84. The summed E-state index contributed by atoms with van der Waals surface area (Å²) in [5.74, 6) is 0.317. The maximum Gasteiger partial charge on any atom is 0.222 e. The van der Waals surface area contributed by atoms with Crippen LogP contribution < -0.4 is 0 Å². The summed E-state index contributed by atoms with van der Waals surface area (Å²) >= 11 is 0. The van der Waals surface area contributed by atoms with E-state index in [1.165, 1.54) is 31.2 Å². The van der Waals surface area contributed by atoms with E-state index >= 15 is 0 Å². The van der Waals surface area contributed by atoms with E-state index in [-0.39, 0.29) is 0 Å². The number of rotatable bonds is 5. The molecule has 1 saturated carbocycles. The van der Waals surface area contributed by atoms with Crippen molar-refractivity contribution in [1.29, 1.82) is 0 Å². The van der Waals surface area contributed by atoms with Gasteiger partial charge >= 0.3 is 0 Å². The van der Waals surface area contributed by atoms with Crippen molar-refractivity contribution in [2.75, 3.05) is 6.54 Å². The molecule has 0 spiro atoms. The Kier molecular flexibility index (Phi) is 4.80. The van der Waals surface area contributed by atoms with Gasteiger partial charge in [0.1, 0.15) is 0 Å². The molecule has 0 heterocycles. The highest BCUT2D eigenvalue weighted by atomic mass is 16.2. The molecule has 0 atom stereocenters. The smallest absolute Gasteiger partial charge is 0.222 e. The topological polar surface area (TPSA) is 20.3 Å². The minimum Gasteiger partial charge on any atom is -0.339 e. The van der Waals surface area contributed by atoms with Gasteiger partial charge in [-0.1, -0.05) is 50.1 Å². The molecule has 0 unspecified atom stereocenters. The van der Waals surface area contributed by atoms with Crippen molar-refractivity contribution < 1.29 is 4.79 Å². The molecule has 1 aliphatic rings. The van der Waals surface area contributed by atoms with E-state index in [0.29, 0.717) is 18.4 Å². The molecule has 1 aliphatic carbocycles. The van der Waals surface area contributed by atoms with Crippen molar-refractivity contribution in [3.63, 3.8) is 0 Å². The van der Waals surface area contributed by atoms with Gasteiger partial charge < -0.3 is 4.90 Å². The highest BCUT2D eigenvalue weighted by molar-refractivity contribution is 5.76. The number of carbonyl (C=O) groups excluding carboxylic acids is 1. The lowest BCUT2D eigenvalue weighted by Crippen LogP contribution is -2.39. The van der Waals surface area contributed by atoms with E-state index in [1.54, 1.807) is 0 Å². The maximum atomic E-state index is 12.0. The zero-order chi connectivity index (χ0) is 12.8. The van der Waals surface area contributed by atoms with E-state index in [9.17, 15) is 4.79 Å². The van der Waals surface area contributed by atoms with Gasteiger partial charge in [-0.2, -0.15) is 0 Å². The highest BCUT2D eigenvalue weighted by Crippen LogP contribution is 2.24. The number of amides is 1. The molecule has 0 aliphatic heterocycles. The van der Waals surface area contributed by atoms with Crippen LogP contribution in [-0.4, -0.2) is 23.4 Å². The second kappa shape index (κ2) is 6.58. The molecule has 98 valence electrons. The Bertz CT molecular complexity index is 368. The fraction of sp³-hybridized carbons (Fsp3) is 0.562. The second-order valence-electron chi connectivity index (χ2n) is 5.11. The van der Waals surface area contributed by atoms with E-state index < -0.39 is 0 Å². The molecule has 1 aromatic carbocycles. The summed E-state index contributed by atoms with van der Waals surface area (Å²) in [4.78, 5) is 14.2. The minimum absolute atomic E-state index is 0.317. The van der Waals surface area contributed by atoms with Crippen LogP contribution in [0.25, 0.3) is 0 Å². The van der Waals surface area contributed by atoms with Gasteiger partial charge in [0.25, 0.3) is 0 Å². The lowest BCUT2D eigenvalue weighted by Gasteiger charge is -2.29. The van der Waals surface area contributed by atoms with E-state index in [2.05, 4.69) is 29.2 Å². The monoisotopic (exact) mass is 245 g/mol. The zero-order valence-electron chi connectivity index (χ0n) is 11.3. The molecule has 0 radical (unpaired) electrons. The van der Waals surface area contributed by atoms with Crippen LogP contribution in [0.3, 0.4) is 0 Å². The number of hydrogen-bond acceptors (Lipinski definition) is 1. The summed E-state index contributed by atoms with van der Waals surface area (Å²) in [5.41, 5.74) is 1.32. The first-order valence-electron chi connectivity index (χ1n) is 7.14. The minimum atomic E-state index is 0.317. The molecule has 18 heavy (non-hydrogen) atoms. The standard InChI is InChI=1S/C16H23NO/c1-2-16(18)17(15-10-6-7-11-15)13-12-14-8-4-3-5-9-14/h3-5,8-9,15H,2,6-7,10-13H2,1H3. The molecule has 2 rings (SSSR count). The van der Waals surface area contributed by atoms with Crippen LogP contribution >= 0.6 is 0 Å². The summed E-state index contributed by atoms with van der Waals surface area (Å²) in [5, 5.41) is 0. The second-order valence-corrected chi connectivity index (χ2v) is 5.11. The molecule has 0 N–H and O–H groups in total. The molecule has 0 aromatic heterocycles. The Morgan fingerprint density at radius 2 is 1.89 bits per heavy atom. The number of nitrogens with zero attached hydrogens (tertiary/aromatic N) is 1.